The molecule has 2 atom stereocenters. The highest BCUT2D eigenvalue weighted by molar-refractivity contribution is 8.14. The van der Waals surface area contributed by atoms with Crippen molar-refractivity contribution in [1.82, 2.24) is 5.32 Å². The molecule has 0 saturated heterocycles. The smallest absolute Gasteiger partial charge is 0.342 e. The number of thioether (sulfide) groups is 1. The van der Waals surface area contributed by atoms with Gasteiger partial charge >= 0.3 is 6.03 Å². The molecule has 5 nitrogen and oxygen atoms in total. The fraction of sp³-hybridized carbons (Fsp3) is 0.471. The molecular formula is C17H26N4OS. The number of carbonyl (C=O) groups is 1. The van der Waals surface area contributed by atoms with Crippen molar-refractivity contribution in [1.29, 1.82) is 0 Å². The van der Waals surface area contributed by atoms with Gasteiger partial charge in [0.15, 0.2) is 5.17 Å². The first-order chi connectivity index (χ1) is 10.9. The molecule has 0 aliphatic rings. The Morgan fingerprint density at radius 3 is 2.52 bits per heavy atom. The molecule has 2 amide bonds. The van der Waals surface area contributed by atoms with Crippen molar-refractivity contribution in [2.45, 2.75) is 45.4 Å². The molecule has 0 spiro atoms. The molecule has 0 bridgehead atoms. The molecule has 0 aliphatic heterocycles. The predicted octanol–water partition coefficient (Wildman–Crippen LogP) is 3.97. The summed E-state index contributed by atoms with van der Waals surface area (Å²) >= 11 is 1.50. The maximum Gasteiger partial charge on any atom is 0.342 e. The highest BCUT2D eigenvalue weighted by atomic mass is 32.2. The number of amides is 2. The lowest BCUT2D eigenvalue weighted by Gasteiger charge is -2.12. The molecule has 23 heavy (non-hydrogen) atoms. The number of nitrogens with two attached hydrogens (primary N) is 1. The summed E-state index contributed by atoms with van der Waals surface area (Å²) in [4.78, 5) is 19.5. The van der Waals surface area contributed by atoms with Crippen LogP contribution >= 0.6 is 11.8 Å². The molecule has 0 heterocycles. The molecule has 2 unspecified atom stereocenters. The molecule has 0 radical (unpaired) electrons. The SMILES string of the molecule is CC(C)CC(C)SC(N)=N/C=N/C(=O)NC(C)c1ccccc1. The Morgan fingerprint density at radius 2 is 1.91 bits per heavy atom. The van der Waals surface area contributed by atoms with E-state index >= 15 is 0 Å². The van der Waals surface area contributed by atoms with Crippen LogP contribution in [0.15, 0.2) is 40.3 Å². The lowest BCUT2D eigenvalue weighted by molar-refractivity contribution is 0.246. The van der Waals surface area contributed by atoms with E-state index in [2.05, 4.69) is 36.1 Å². The zero-order chi connectivity index (χ0) is 17.2. The van der Waals surface area contributed by atoms with Gasteiger partial charge in [-0.15, -0.1) is 0 Å². The summed E-state index contributed by atoms with van der Waals surface area (Å²) in [6.45, 7) is 8.36. The van der Waals surface area contributed by atoms with Gasteiger partial charge in [-0.2, -0.15) is 4.99 Å². The summed E-state index contributed by atoms with van der Waals surface area (Å²) in [6.07, 6.45) is 2.27. The average Bonchev–Trinajstić information content (AvgIpc) is 2.47. The zero-order valence-electron chi connectivity index (χ0n) is 14.2. The third kappa shape index (κ3) is 8.40. The van der Waals surface area contributed by atoms with Crippen LogP contribution < -0.4 is 11.1 Å². The Hall–Kier alpha value is -1.82. The quantitative estimate of drug-likeness (QED) is 0.610. The molecular weight excluding hydrogens is 308 g/mol. The minimum atomic E-state index is -0.432. The third-order valence-corrected chi connectivity index (χ3v) is 4.07. The third-order valence-electron chi connectivity index (χ3n) is 3.12. The number of benzene rings is 1. The number of amidine groups is 1. The van der Waals surface area contributed by atoms with Gasteiger partial charge in [0.25, 0.3) is 0 Å². The van der Waals surface area contributed by atoms with Crippen LogP contribution in [0, 0.1) is 5.92 Å². The number of hydrogen-bond donors (Lipinski definition) is 2. The number of carbonyl (C=O) groups excluding carboxylic acids is 1. The number of urea groups is 1. The maximum absolute atomic E-state index is 11.8. The van der Waals surface area contributed by atoms with Crippen LogP contribution in [0.5, 0.6) is 0 Å². The van der Waals surface area contributed by atoms with Crippen molar-refractivity contribution < 1.29 is 4.79 Å². The van der Waals surface area contributed by atoms with Gasteiger partial charge in [0.2, 0.25) is 0 Å². The summed E-state index contributed by atoms with van der Waals surface area (Å²) in [5.41, 5.74) is 6.84. The number of rotatable bonds is 6. The zero-order valence-corrected chi connectivity index (χ0v) is 15.0. The second kappa shape index (κ2) is 10.0. The number of nitrogens with zero attached hydrogens (tertiary/aromatic N) is 2. The van der Waals surface area contributed by atoms with E-state index in [0.717, 1.165) is 12.0 Å². The molecule has 1 rings (SSSR count). The minimum Gasteiger partial charge on any atom is -0.378 e. The minimum absolute atomic E-state index is 0.109. The van der Waals surface area contributed by atoms with E-state index in [4.69, 9.17) is 5.73 Å². The first kappa shape index (κ1) is 19.2. The van der Waals surface area contributed by atoms with E-state index in [9.17, 15) is 4.79 Å². The largest absolute Gasteiger partial charge is 0.378 e. The Labute approximate surface area is 142 Å². The van der Waals surface area contributed by atoms with Crippen LogP contribution in [0.4, 0.5) is 4.79 Å². The normalized spacial score (nSPS) is 14.9. The summed E-state index contributed by atoms with van der Waals surface area (Å²) in [5, 5.41) is 3.59. The predicted molar refractivity (Wildman–Crippen MR) is 100 cm³/mol. The van der Waals surface area contributed by atoms with E-state index in [1.165, 1.54) is 18.1 Å². The standard InChI is InChI=1S/C17H26N4OS/c1-12(2)10-13(3)23-16(18)19-11-20-17(22)21-14(4)15-8-6-5-7-9-15/h5-9,11-14H,10H2,1-4H3,(H3,18,19,20,21,22). The average molecular weight is 334 g/mol. The molecule has 0 aliphatic carbocycles. The summed E-state index contributed by atoms with van der Waals surface area (Å²) in [6, 6.07) is 9.17. The van der Waals surface area contributed by atoms with E-state index in [1.807, 2.05) is 37.3 Å². The maximum atomic E-state index is 11.8. The van der Waals surface area contributed by atoms with Gasteiger partial charge in [-0.1, -0.05) is 62.9 Å². The molecule has 126 valence electrons. The number of nitrogens with one attached hydrogen (secondary N) is 1. The number of aliphatic imine (C=N–C) groups is 2. The second-order valence-corrected chi connectivity index (χ2v) is 7.31. The van der Waals surface area contributed by atoms with E-state index < -0.39 is 6.03 Å². The second-order valence-electron chi connectivity index (χ2n) is 5.85. The van der Waals surface area contributed by atoms with Crippen LogP contribution in [0.2, 0.25) is 0 Å². The fourth-order valence-electron chi connectivity index (χ4n) is 2.13. The first-order valence-corrected chi connectivity index (χ1v) is 8.64. The van der Waals surface area contributed by atoms with Gasteiger partial charge in [0.05, 0.1) is 6.04 Å². The van der Waals surface area contributed by atoms with Crippen molar-refractivity contribution in [3.63, 3.8) is 0 Å². The van der Waals surface area contributed by atoms with Gasteiger partial charge < -0.3 is 11.1 Å². The van der Waals surface area contributed by atoms with Gasteiger partial charge in [-0.05, 0) is 24.8 Å². The summed E-state index contributed by atoms with van der Waals surface area (Å²) < 4.78 is 0. The van der Waals surface area contributed by atoms with Crippen LogP contribution in [0.25, 0.3) is 0 Å². The molecule has 1 aromatic rings. The molecule has 0 saturated carbocycles. The van der Waals surface area contributed by atoms with Gasteiger partial charge in [0.1, 0.15) is 6.34 Å². The summed E-state index contributed by atoms with van der Waals surface area (Å²) in [5.74, 6) is 0.615. The van der Waals surface area contributed by atoms with E-state index in [1.54, 1.807) is 0 Å². The molecule has 0 fully saturated rings. The van der Waals surface area contributed by atoms with Crippen LogP contribution in [-0.4, -0.2) is 22.8 Å². The summed E-state index contributed by atoms with van der Waals surface area (Å²) in [7, 11) is 0. The molecule has 1 aromatic carbocycles. The van der Waals surface area contributed by atoms with Gasteiger partial charge in [-0.3, -0.25) is 0 Å². The van der Waals surface area contributed by atoms with Gasteiger partial charge in [-0.25, -0.2) is 9.79 Å². The van der Waals surface area contributed by atoms with Crippen molar-refractivity contribution in [2.75, 3.05) is 0 Å². The van der Waals surface area contributed by atoms with Crippen molar-refractivity contribution in [3.05, 3.63) is 35.9 Å². The monoisotopic (exact) mass is 334 g/mol. The fourth-order valence-corrected chi connectivity index (χ4v) is 3.14. The lowest BCUT2D eigenvalue weighted by atomic mass is 10.1. The number of hydrogen-bond acceptors (Lipinski definition) is 2. The first-order valence-electron chi connectivity index (χ1n) is 7.76. The van der Waals surface area contributed by atoms with Crippen molar-refractivity contribution >= 4 is 29.3 Å². The van der Waals surface area contributed by atoms with Crippen LogP contribution in [-0.2, 0) is 0 Å². The van der Waals surface area contributed by atoms with E-state index in [-0.39, 0.29) is 6.04 Å². The Kier molecular flexibility index (Phi) is 8.40. The van der Waals surface area contributed by atoms with Crippen LogP contribution in [0.1, 0.15) is 45.7 Å². The Balaban J connectivity index is 2.44. The topological polar surface area (TPSA) is 79.8 Å². The lowest BCUT2D eigenvalue weighted by Crippen LogP contribution is -2.23. The molecule has 3 N–H and O–H groups in total. The molecule has 0 aromatic heterocycles. The van der Waals surface area contributed by atoms with E-state index in [0.29, 0.717) is 16.3 Å². The van der Waals surface area contributed by atoms with Gasteiger partial charge in [0, 0.05) is 5.25 Å². The Bertz CT molecular complexity index is 543. The van der Waals surface area contributed by atoms with Crippen LogP contribution in [0.3, 0.4) is 0 Å². The highest BCUT2D eigenvalue weighted by Gasteiger charge is 2.08. The molecule has 6 heteroatoms. The van der Waals surface area contributed by atoms with Crippen molar-refractivity contribution in [2.24, 2.45) is 21.6 Å². The van der Waals surface area contributed by atoms with Crippen molar-refractivity contribution in [3.8, 4) is 0 Å². The highest BCUT2D eigenvalue weighted by Crippen LogP contribution is 2.18. The Morgan fingerprint density at radius 1 is 1.26 bits per heavy atom.